The molecule has 4 N–H and O–H groups in total. The minimum absolute atomic E-state index is 0. The normalized spacial score (nSPS) is 31.3. The van der Waals surface area contributed by atoms with Crippen molar-refractivity contribution in [2.24, 2.45) is 23.2 Å². The highest BCUT2D eigenvalue weighted by atomic mass is 35.5. The minimum Gasteiger partial charge on any atom is -0.412 e. The average molecular weight is 552 g/mol. The van der Waals surface area contributed by atoms with E-state index in [2.05, 4.69) is 42.7 Å². The van der Waals surface area contributed by atoms with E-state index in [0.717, 1.165) is 64.0 Å². The molecule has 0 radical (unpaired) electrons. The molecule has 0 spiro atoms. The molecule has 7 heteroatoms. The van der Waals surface area contributed by atoms with Gasteiger partial charge in [-0.05, 0) is 86.5 Å². The molecule has 2 fully saturated rings. The van der Waals surface area contributed by atoms with Gasteiger partial charge in [0, 0.05) is 37.0 Å². The number of alkyl halides is 1. The second-order valence-electron chi connectivity index (χ2n) is 12.8. The summed E-state index contributed by atoms with van der Waals surface area (Å²) in [6.07, 6.45) is 17.0. The number of nitrogens with one attached hydrogen (secondary N) is 2. The lowest BCUT2D eigenvalue weighted by Gasteiger charge is -2.49. The quantitative estimate of drug-likeness (QED) is 0.415. The van der Waals surface area contributed by atoms with Crippen LogP contribution in [-0.2, 0) is 9.59 Å². The van der Waals surface area contributed by atoms with Crippen LogP contribution in [0.5, 0.6) is 0 Å². The van der Waals surface area contributed by atoms with E-state index in [1.165, 1.54) is 18.4 Å². The van der Waals surface area contributed by atoms with Gasteiger partial charge in [0.05, 0.1) is 0 Å². The van der Waals surface area contributed by atoms with E-state index >= 15 is 0 Å². The number of piperidine rings is 1. The summed E-state index contributed by atoms with van der Waals surface area (Å²) in [5, 5.41) is 7.18. The summed E-state index contributed by atoms with van der Waals surface area (Å²) in [7, 11) is 0. The molecule has 0 aromatic rings. The van der Waals surface area contributed by atoms with Crippen LogP contribution in [0.3, 0.4) is 0 Å². The van der Waals surface area contributed by atoms with Gasteiger partial charge >= 0.3 is 0 Å². The van der Waals surface area contributed by atoms with Gasteiger partial charge in [-0.2, -0.15) is 0 Å². The van der Waals surface area contributed by atoms with Crippen molar-refractivity contribution in [3.63, 3.8) is 0 Å². The molecule has 1 saturated heterocycles. The Morgan fingerprint density at radius 1 is 1.16 bits per heavy atom. The number of allylic oxidation sites excluding steroid dienone is 1. The molecule has 2 aliphatic heterocycles. The molecule has 0 aromatic heterocycles. The number of amides is 2. The Hall–Kier alpha value is -1.37. The van der Waals surface area contributed by atoms with Gasteiger partial charge in [-0.25, -0.2) is 0 Å². The minimum atomic E-state index is -0.453. The highest BCUT2D eigenvalue weighted by Gasteiger charge is 2.43. The zero-order chi connectivity index (χ0) is 25.9. The highest BCUT2D eigenvalue weighted by Crippen LogP contribution is 2.45. The monoisotopic (exact) mass is 551 g/mol. The van der Waals surface area contributed by atoms with Gasteiger partial charge in [0.2, 0.25) is 11.8 Å². The first-order chi connectivity index (χ1) is 17.1. The summed E-state index contributed by atoms with van der Waals surface area (Å²) in [5.41, 5.74) is 1.47. The summed E-state index contributed by atoms with van der Waals surface area (Å²) < 4.78 is 0. The summed E-state index contributed by atoms with van der Waals surface area (Å²) >= 11 is 6.36. The van der Waals surface area contributed by atoms with Crippen LogP contribution in [-0.4, -0.2) is 58.8 Å². The van der Waals surface area contributed by atoms with Crippen molar-refractivity contribution in [1.29, 1.82) is 0 Å². The van der Waals surface area contributed by atoms with Crippen LogP contribution >= 0.6 is 11.6 Å². The lowest BCUT2D eigenvalue weighted by molar-refractivity contribution is -0.142. The SMILES string of the molecule is C.CC(C)[C@@H](NC(=O)CCC1CC=C2C=CCCC2N1)C(=O)N1CCC(C2CCC(Cl)CC2)C(C)(C)C1.O. The van der Waals surface area contributed by atoms with E-state index in [-0.39, 0.29) is 36.1 Å². The Labute approximate surface area is 236 Å². The molecule has 0 aromatic carbocycles. The van der Waals surface area contributed by atoms with Crippen molar-refractivity contribution >= 4 is 23.4 Å². The largest absolute Gasteiger partial charge is 0.412 e. The van der Waals surface area contributed by atoms with Crippen molar-refractivity contribution in [1.82, 2.24) is 15.5 Å². The van der Waals surface area contributed by atoms with Crippen LogP contribution in [0.25, 0.3) is 0 Å². The zero-order valence-corrected chi connectivity index (χ0v) is 24.2. The van der Waals surface area contributed by atoms with Gasteiger partial charge in [-0.15, -0.1) is 11.6 Å². The molecule has 2 heterocycles. The van der Waals surface area contributed by atoms with Crippen molar-refractivity contribution in [2.45, 2.75) is 123 Å². The zero-order valence-electron chi connectivity index (χ0n) is 23.4. The van der Waals surface area contributed by atoms with Crippen molar-refractivity contribution in [3.8, 4) is 0 Å². The predicted molar refractivity (Wildman–Crippen MR) is 158 cm³/mol. The first-order valence-corrected chi connectivity index (χ1v) is 14.9. The fraction of sp³-hybridized carbons (Fsp3) is 0.806. The maximum absolute atomic E-state index is 13.6. The van der Waals surface area contributed by atoms with Gasteiger partial charge < -0.3 is 21.0 Å². The highest BCUT2D eigenvalue weighted by molar-refractivity contribution is 6.20. The third-order valence-electron chi connectivity index (χ3n) is 9.27. The summed E-state index contributed by atoms with van der Waals surface area (Å²) in [5.74, 6) is 1.50. The second-order valence-corrected chi connectivity index (χ2v) is 13.4. The molecule has 4 rings (SSSR count). The molecular formula is C31H54ClN3O3. The van der Waals surface area contributed by atoms with Crippen LogP contribution in [0.2, 0.25) is 0 Å². The smallest absolute Gasteiger partial charge is 0.245 e. The standard InChI is InChI=1S/C30H48ClN3O2.CH4.H2O/c1-20(2)28(33-27(35)16-15-24-14-11-22-7-5-6-8-26(22)32-24)29(36)34-18-17-25(30(3,4)19-34)21-9-12-23(31)13-10-21;;/h5,7,11,20-21,23-26,28,32H,6,8-10,12-19H2,1-4H3,(H,33,35);1H4;1H2/t21?,23?,24?,25?,26?,28-;;/m1../s1. The van der Waals surface area contributed by atoms with E-state index < -0.39 is 6.04 Å². The summed E-state index contributed by atoms with van der Waals surface area (Å²) in [6.45, 7) is 10.3. The topological polar surface area (TPSA) is 92.9 Å². The number of likely N-dealkylation sites (tertiary alicyclic amines) is 1. The number of carbonyl (C=O) groups is 2. The van der Waals surface area contributed by atoms with Crippen LogP contribution in [0, 0.1) is 23.2 Å². The molecule has 4 aliphatic rings. The number of rotatable bonds is 7. The van der Waals surface area contributed by atoms with Gasteiger partial charge in [0.25, 0.3) is 0 Å². The maximum atomic E-state index is 13.6. The average Bonchev–Trinajstić information content (AvgIpc) is 2.85. The molecule has 4 atom stereocenters. The summed E-state index contributed by atoms with van der Waals surface area (Å²) in [4.78, 5) is 28.6. The molecule has 1 saturated carbocycles. The van der Waals surface area contributed by atoms with Crippen LogP contribution in [0.4, 0.5) is 0 Å². The van der Waals surface area contributed by atoms with Gasteiger partial charge in [0.15, 0.2) is 0 Å². The predicted octanol–water partition coefficient (Wildman–Crippen LogP) is 5.40. The third-order valence-corrected chi connectivity index (χ3v) is 9.71. The van der Waals surface area contributed by atoms with Crippen LogP contribution in [0.1, 0.15) is 99.3 Å². The van der Waals surface area contributed by atoms with Crippen molar-refractivity contribution in [2.75, 3.05) is 13.1 Å². The molecule has 218 valence electrons. The Morgan fingerprint density at radius 3 is 2.53 bits per heavy atom. The van der Waals surface area contributed by atoms with Gasteiger partial charge in [-0.1, -0.05) is 53.3 Å². The lowest BCUT2D eigenvalue weighted by atomic mass is 9.64. The Kier molecular flexibility index (Phi) is 12.4. The molecule has 38 heavy (non-hydrogen) atoms. The van der Waals surface area contributed by atoms with Gasteiger partial charge in [0.1, 0.15) is 6.04 Å². The third kappa shape index (κ3) is 8.08. The molecule has 6 nitrogen and oxygen atoms in total. The molecule has 3 unspecified atom stereocenters. The van der Waals surface area contributed by atoms with Crippen LogP contribution < -0.4 is 10.6 Å². The molecule has 0 bridgehead atoms. The second kappa shape index (κ2) is 14.3. The van der Waals surface area contributed by atoms with Crippen molar-refractivity contribution in [3.05, 3.63) is 23.8 Å². The number of carbonyl (C=O) groups excluding carboxylic acids is 2. The fourth-order valence-corrected chi connectivity index (χ4v) is 7.42. The Morgan fingerprint density at radius 2 is 1.87 bits per heavy atom. The Bertz CT molecular complexity index is 847. The van der Waals surface area contributed by atoms with Crippen LogP contribution in [0.15, 0.2) is 23.8 Å². The molecular weight excluding hydrogens is 498 g/mol. The number of hydrogen-bond acceptors (Lipinski definition) is 3. The maximum Gasteiger partial charge on any atom is 0.245 e. The van der Waals surface area contributed by atoms with E-state index in [1.807, 2.05) is 18.7 Å². The van der Waals surface area contributed by atoms with Gasteiger partial charge in [-0.3, -0.25) is 9.59 Å². The van der Waals surface area contributed by atoms with E-state index in [9.17, 15) is 9.59 Å². The first-order valence-electron chi connectivity index (χ1n) is 14.5. The van der Waals surface area contributed by atoms with E-state index in [1.54, 1.807) is 0 Å². The number of fused-ring (bicyclic) bond motifs is 1. The summed E-state index contributed by atoms with van der Waals surface area (Å²) in [6, 6.07) is 0.307. The lowest BCUT2D eigenvalue weighted by Crippen LogP contribution is -2.57. The first kappa shape index (κ1) is 32.8. The molecule has 2 amide bonds. The number of hydrogen-bond donors (Lipinski definition) is 2. The number of halogens is 1. The number of nitrogens with zero attached hydrogens (tertiary/aromatic N) is 1. The van der Waals surface area contributed by atoms with E-state index in [4.69, 9.17) is 11.6 Å². The Balaban J connectivity index is 0.00000253. The molecule has 2 aliphatic carbocycles. The van der Waals surface area contributed by atoms with Crippen molar-refractivity contribution < 1.29 is 15.1 Å². The van der Waals surface area contributed by atoms with E-state index in [0.29, 0.717) is 29.8 Å². The fourth-order valence-electron chi connectivity index (χ4n) is 7.16.